The Hall–Kier alpha value is -2.62. The van der Waals surface area contributed by atoms with Gasteiger partial charge < -0.3 is 21.1 Å². The van der Waals surface area contributed by atoms with Gasteiger partial charge in [-0.05, 0) is 60.9 Å². The summed E-state index contributed by atoms with van der Waals surface area (Å²) >= 11 is 6.04. The first-order valence-electron chi connectivity index (χ1n) is 13.0. The number of hydrogen-bond donors (Lipinski definition) is 4. The molecule has 10 heteroatoms. The normalized spacial score (nSPS) is 32.3. The number of rotatable bonds is 7. The number of amides is 2. The highest BCUT2D eigenvalue weighted by Crippen LogP contribution is 2.55. The van der Waals surface area contributed by atoms with E-state index in [9.17, 15) is 27.9 Å². The van der Waals surface area contributed by atoms with Crippen LogP contribution in [0, 0.1) is 17.2 Å². The van der Waals surface area contributed by atoms with Crippen LogP contribution in [-0.2, 0) is 15.0 Å². The second-order valence-corrected chi connectivity index (χ2v) is 12.8. The lowest BCUT2D eigenvalue weighted by Gasteiger charge is -2.42. The molecule has 1 saturated heterocycles. The highest BCUT2D eigenvalue weighted by Gasteiger charge is 2.66. The Balaban J connectivity index is 1.85. The summed E-state index contributed by atoms with van der Waals surface area (Å²) in [4.78, 5) is 27.7. The van der Waals surface area contributed by atoms with E-state index in [1.807, 2.05) is 20.8 Å². The molecule has 1 aliphatic carbocycles. The monoisotopic (exact) mass is 565 g/mol. The number of anilines is 1. The molecular formula is C29H35ClF3N3O3. The lowest BCUT2D eigenvalue weighted by molar-refractivity contribution is -0.127. The number of fused-ring (bicyclic) bond motifs is 2. The van der Waals surface area contributed by atoms with Crippen molar-refractivity contribution in [1.29, 1.82) is 0 Å². The highest BCUT2D eigenvalue weighted by atomic mass is 35.5. The van der Waals surface area contributed by atoms with Crippen LogP contribution in [0.4, 0.5) is 18.9 Å². The van der Waals surface area contributed by atoms with E-state index in [0.29, 0.717) is 36.1 Å². The van der Waals surface area contributed by atoms with Crippen molar-refractivity contribution in [1.82, 2.24) is 10.6 Å². The molecule has 39 heavy (non-hydrogen) atoms. The maximum atomic E-state index is 14.9. The lowest BCUT2D eigenvalue weighted by Crippen LogP contribution is -2.57. The summed E-state index contributed by atoms with van der Waals surface area (Å²) in [7, 11) is 0. The smallest absolute Gasteiger partial charge is 0.238 e. The van der Waals surface area contributed by atoms with Crippen molar-refractivity contribution in [3.63, 3.8) is 0 Å². The minimum atomic E-state index is -1.45. The van der Waals surface area contributed by atoms with Gasteiger partial charge in [-0.1, -0.05) is 51.1 Å². The van der Waals surface area contributed by atoms with Crippen LogP contribution < -0.4 is 16.0 Å². The summed E-state index contributed by atoms with van der Waals surface area (Å²) in [6.07, 6.45) is 4.86. The van der Waals surface area contributed by atoms with Gasteiger partial charge in [0.15, 0.2) is 0 Å². The van der Waals surface area contributed by atoms with Gasteiger partial charge in [-0.25, -0.2) is 13.2 Å². The van der Waals surface area contributed by atoms with Gasteiger partial charge >= 0.3 is 0 Å². The summed E-state index contributed by atoms with van der Waals surface area (Å²) in [5.74, 6) is -3.45. The zero-order valence-corrected chi connectivity index (χ0v) is 23.3. The van der Waals surface area contributed by atoms with Crippen molar-refractivity contribution in [3.8, 4) is 0 Å². The van der Waals surface area contributed by atoms with Crippen LogP contribution in [0.15, 0.2) is 48.3 Å². The molecule has 0 unspecified atom stereocenters. The number of benzene rings is 1. The van der Waals surface area contributed by atoms with Crippen LogP contribution in [0.25, 0.3) is 0 Å². The average molecular weight is 566 g/mol. The fourth-order valence-electron chi connectivity index (χ4n) is 6.30. The molecule has 0 aromatic heterocycles. The first kappa shape index (κ1) is 29.4. The number of alkyl halides is 1. The largest absolute Gasteiger partial charge is 0.390 e. The predicted octanol–water partition coefficient (Wildman–Crippen LogP) is 5.03. The molecule has 1 spiro atoms. The number of carbonyl (C=O) groups is 2. The van der Waals surface area contributed by atoms with Gasteiger partial charge in [0.05, 0.1) is 16.7 Å². The zero-order chi connectivity index (χ0) is 28.9. The van der Waals surface area contributed by atoms with E-state index in [1.54, 1.807) is 6.92 Å². The number of allylic oxidation sites excluding steroid dienone is 4. The topological polar surface area (TPSA) is 90.5 Å². The minimum Gasteiger partial charge on any atom is -0.390 e. The van der Waals surface area contributed by atoms with E-state index in [-0.39, 0.29) is 16.5 Å². The Bertz CT molecular complexity index is 1250. The van der Waals surface area contributed by atoms with Gasteiger partial charge in [0.25, 0.3) is 0 Å². The van der Waals surface area contributed by atoms with Gasteiger partial charge in [-0.2, -0.15) is 0 Å². The van der Waals surface area contributed by atoms with Crippen molar-refractivity contribution in [3.05, 3.63) is 64.7 Å². The Labute approximate surface area is 231 Å². The van der Waals surface area contributed by atoms with Gasteiger partial charge in [0.1, 0.15) is 23.7 Å². The molecule has 4 rings (SSSR count). The molecule has 0 bridgehead atoms. The maximum absolute atomic E-state index is 14.9. The van der Waals surface area contributed by atoms with Crippen molar-refractivity contribution in [2.45, 2.75) is 76.1 Å². The van der Waals surface area contributed by atoms with E-state index in [2.05, 4.69) is 22.5 Å². The second-order valence-electron chi connectivity index (χ2n) is 12.4. The number of carbonyl (C=O) groups excluding carboxylic acids is 2. The summed E-state index contributed by atoms with van der Waals surface area (Å²) in [5, 5.41) is 19.1. The molecule has 1 aromatic rings. The number of nitrogens with one attached hydrogen (secondary N) is 3. The van der Waals surface area contributed by atoms with Crippen LogP contribution in [0.2, 0.25) is 5.02 Å². The van der Waals surface area contributed by atoms with Crippen LogP contribution in [0.5, 0.6) is 0 Å². The Morgan fingerprint density at radius 3 is 2.59 bits per heavy atom. The molecule has 0 radical (unpaired) electrons. The van der Waals surface area contributed by atoms with Crippen LogP contribution in [-0.4, -0.2) is 47.3 Å². The predicted molar refractivity (Wildman–Crippen MR) is 145 cm³/mol. The molecule has 3 aliphatic rings. The highest BCUT2D eigenvalue weighted by molar-refractivity contribution is 6.31. The summed E-state index contributed by atoms with van der Waals surface area (Å²) < 4.78 is 41.0. The molecule has 6 nitrogen and oxygen atoms in total. The molecule has 2 heterocycles. The van der Waals surface area contributed by atoms with Gasteiger partial charge in [-0.3, -0.25) is 9.59 Å². The third kappa shape index (κ3) is 5.54. The van der Waals surface area contributed by atoms with Crippen molar-refractivity contribution < 1.29 is 27.9 Å². The van der Waals surface area contributed by atoms with E-state index in [4.69, 9.17) is 11.6 Å². The number of halogens is 4. The Morgan fingerprint density at radius 1 is 1.33 bits per heavy atom. The zero-order valence-electron chi connectivity index (χ0n) is 22.5. The van der Waals surface area contributed by atoms with E-state index >= 15 is 0 Å². The van der Waals surface area contributed by atoms with Crippen LogP contribution >= 0.6 is 11.6 Å². The van der Waals surface area contributed by atoms with E-state index < -0.39 is 59.2 Å². The van der Waals surface area contributed by atoms with Crippen molar-refractivity contribution in [2.75, 3.05) is 12.0 Å². The maximum Gasteiger partial charge on any atom is 0.238 e. The summed E-state index contributed by atoms with van der Waals surface area (Å²) in [6, 6.07) is 0.742. The standard InChI is InChI=1S/C29H35ClF3N3O3/c1-15(7-6-8-16(32)14-31)23-24(25(37)34-17-11-28(5,39)12-17)36-22(13-27(2,3)4)29(23)18-9-20(33)19(30)10-21(18)35-26(29)38/h6-10,17,22-24,36,39H,1,11-14H2,2-5H3,(H,34,37)(H,35,38)/b7-6-,16-8+/t17?,22-,23-,24+,28?,29+/m0/s1. The minimum absolute atomic E-state index is 0.155. The molecule has 2 fully saturated rings. The fourth-order valence-corrected chi connectivity index (χ4v) is 6.47. The average Bonchev–Trinajstić information content (AvgIpc) is 3.27. The summed E-state index contributed by atoms with van der Waals surface area (Å²) in [5.41, 5.74) is -1.62. The molecule has 1 aromatic carbocycles. The number of hydrogen-bond acceptors (Lipinski definition) is 4. The van der Waals surface area contributed by atoms with Crippen LogP contribution in [0.1, 0.15) is 52.5 Å². The Kier molecular flexibility index (Phi) is 7.84. The fraction of sp³-hybridized carbons (Fsp3) is 0.517. The van der Waals surface area contributed by atoms with Crippen molar-refractivity contribution >= 4 is 29.1 Å². The van der Waals surface area contributed by atoms with E-state index in [0.717, 1.165) is 6.08 Å². The number of aliphatic hydroxyl groups is 1. The molecule has 1 saturated carbocycles. The van der Waals surface area contributed by atoms with Gasteiger partial charge in [0, 0.05) is 23.7 Å². The molecule has 4 atom stereocenters. The first-order chi connectivity index (χ1) is 18.1. The first-order valence-corrected chi connectivity index (χ1v) is 13.3. The third-order valence-electron chi connectivity index (χ3n) is 7.82. The Morgan fingerprint density at radius 2 is 2.00 bits per heavy atom. The van der Waals surface area contributed by atoms with Gasteiger partial charge in [-0.15, -0.1) is 0 Å². The van der Waals surface area contributed by atoms with Gasteiger partial charge in [0.2, 0.25) is 11.8 Å². The summed E-state index contributed by atoms with van der Waals surface area (Å²) in [6.45, 7) is 10.5. The van der Waals surface area contributed by atoms with E-state index in [1.165, 1.54) is 24.3 Å². The molecule has 212 valence electrons. The molecule has 4 N–H and O–H groups in total. The SMILES string of the molecule is C=C(/C=C\C=C(\F)CF)[C@H]1[C@H](C(=O)NC2CC(C)(O)C2)N[C@@H](CC(C)(C)C)[C@@]12C(=O)Nc1cc(Cl)c(F)cc12. The van der Waals surface area contributed by atoms with Crippen LogP contribution in [0.3, 0.4) is 0 Å². The molecule has 2 aliphatic heterocycles. The van der Waals surface area contributed by atoms with Crippen molar-refractivity contribution in [2.24, 2.45) is 11.3 Å². The molecule has 2 amide bonds. The second kappa shape index (κ2) is 10.4. The lowest BCUT2D eigenvalue weighted by atomic mass is 9.62. The molecular weight excluding hydrogens is 531 g/mol. The third-order valence-corrected chi connectivity index (χ3v) is 8.11. The quantitative estimate of drug-likeness (QED) is 0.349.